The fourth-order valence-corrected chi connectivity index (χ4v) is 3.34. The first-order valence-electron chi connectivity index (χ1n) is 9.07. The Morgan fingerprint density at radius 1 is 1.37 bits per heavy atom. The molecule has 1 aliphatic rings. The molecule has 1 unspecified atom stereocenters. The number of carbonyl (C=O) groups excluding carboxylic acids is 1. The van der Waals surface area contributed by atoms with Crippen molar-refractivity contribution in [3.05, 3.63) is 22.7 Å². The Bertz CT molecular complexity index is 660. The molecule has 1 saturated heterocycles. The zero-order valence-corrected chi connectivity index (χ0v) is 16.4. The van der Waals surface area contributed by atoms with Crippen LogP contribution < -0.4 is 14.8 Å². The lowest BCUT2D eigenvalue weighted by molar-refractivity contribution is -0.144. The van der Waals surface area contributed by atoms with Gasteiger partial charge in [-0.3, -0.25) is 9.59 Å². The van der Waals surface area contributed by atoms with Crippen molar-refractivity contribution in [2.75, 3.05) is 33.5 Å². The van der Waals surface area contributed by atoms with Crippen LogP contribution in [0.15, 0.2) is 12.1 Å². The lowest BCUT2D eigenvalue weighted by Gasteiger charge is -2.27. The normalized spacial score (nSPS) is 15.8. The summed E-state index contributed by atoms with van der Waals surface area (Å²) in [6, 6.07) is 3.03. The van der Waals surface area contributed by atoms with Crippen LogP contribution in [-0.2, 0) is 9.53 Å². The van der Waals surface area contributed by atoms with Crippen molar-refractivity contribution in [1.82, 2.24) is 5.32 Å². The highest BCUT2D eigenvalue weighted by Crippen LogP contribution is 2.36. The molecule has 1 aromatic carbocycles. The van der Waals surface area contributed by atoms with E-state index in [0.29, 0.717) is 44.2 Å². The Morgan fingerprint density at radius 2 is 2.07 bits per heavy atom. The molecule has 1 aromatic rings. The quantitative estimate of drug-likeness (QED) is 0.663. The Balaban J connectivity index is 2.07. The molecule has 1 atom stereocenters. The number of halogens is 1. The van der Waals surface area contributed by atoms with E-state index in [9.17, 15) is 14.7 Å². The molecule has 2 rings (SSSR count). The molecular formula is C19H26ClNO6. The number of methoxy groups -OCH3 is 1. The maximum absolute atomic E-state index is 12.5. The second-order valence-corrected chi connectivity index (χ2v) is 6.85. The number of rotatable bonds is 9. The second-order valence-electron chi connectivity index (χ2n) is 6.44. The number of aliphatic carboxylic acids is 1. The maximum Gasteiger partial charge on any atom is 0.308 e. The standard InChI is InChI=1S/C19H26ClNO6/c1-3-6-27-17-15(20)9-13(10-16(17)25-2)18(22)21-11-14(19(23)24)12-4-7-26-8-5-12/h9-10,12,14H,3-8,11H2,1-2H3,(H,21,22)(H,23,24). The molecule has 1 amide bonds. The van der Waals surface area contributed by atoms with Crippen molar-refractivity contribution in [3.63, 3.8) is 0 Å². The summed E-state index contributed by atoms with van der Waals surface area (Å²) < 4.78 is 16.1. The van der Waals surface area contributed by atoms with Crippen LogP contribution in [0.25, 0.3) is 0 Å². The Hall–Kier alpha value is -1.99. The van der Waals surface area contributed by atoms with Crippen molar-refractivity contribution in [1.29, 1.82) is 0 Å². The van der Waals surface area contributed by atoms with Crippen LogP contribution in [0, 0.1) is 11.8 Å². The molecule has 2 N–H and O–H groups in total. The summed E-state index contributed by atoms with van der Waals surface area (Å²) in [5.41, 5.74) is 0.289. The molecule has 1 heterocycles. The number of amides is 1. The van der Waals surface area contributed by atoms with E-state index in [1.165, 1.54) is 19.2 Å². The van der Waals surface area contributed by atoms with Gasteiger partial charge in [-0.2, -0.15) is 0 Å². The Morgan fingerprint density at radius 3 is 2.67 bits per heavy atom. The minimum atomic E-state index is -0.916. The van der Waals surface area contributed by atoms with E-state index in [1.807, 2.05) is 6.92 Å². The highest BCUT2D eigenvalue weighted by atomic mass is 35.5. The largest absolute Gasteiger partial charge is 0.493 e. The van der Waals surface area contributed by atoms with E-state index in [2.05, 4.69) is 5.32 Å². The van der Waals surface area contributed by atoms with Crippen molar-refractivity contribution >= 4 is 23.5 Å². The predicted octanol–water partition coefficient (Wildman–Crippen LogP) is 2.99. The van der Waals surface area contributed by atoms with Gasteiger partial charge in [0.15, 0.2) is 11.5 Å². The number of carbonyl (C=O) groups is 2. The van der Waals surface area contributed by atoms with E-state index in [4.69, 9.17) is 25.8 Å². The minimum absolute atomic E-state index is 0.0144. The SMILES string of the molecule is CCCOc1c(Cl)cc(C(=O)NCC(C(=O)O)C2CCOCC2)cc1OC. The molecule has 8 heteroatoms. The average molecular weight is 400 g/mol. The summed E-state index contributed by atoms with van der Waals surface area (Å²) in [5, 5.41) is 12.5. The van der Waals surface area contributed by atoms with Gasteiger partial charge in [-0.05, 0) is 37.3 Å². The summed E-state index contributed by atoms with van der Waals surface area (Å²) in [6.45, 7) is 3.60. The van der Waals surface area contributed by atoms with Gasteiger partial charge in [0, 0.05) is 25.3 Å². The van der Waals surface area contributed by atoms with Crippen LogP contribution in [0.4, 0.5) is 0 Å². The van der Waals surface area contributed by atoms with E-state index in [0.717, 1.165) is 6.42 Å². The summed E-state index contributed by atoms with van der Waals surface area (Å²) in [4.78, 5) is 24.1. The number of carboxylic acids is 1. The highest BCUT2D eigenvalue weighted by molar-refractivity contribution is 6.32. The molecule has 27 heavy (non-hydrogen) atoms. The monoisotopic (exact) mass is 399 g/mol. The van der Waals surface area contributed by atoms with Crippen LogP contribution in [0.5, 0.6) is 11.5 Å². The number of carboxylic acid groups (broad SMARTS) is 1. The third-order valence-electron chi connectivity index (χ3n) is 4.58. The van der Waals surface area contributed by atoms with Crippen molar-refractivity contribution in [2.45, 2.75) is 26.2 Å². The fraction of sp³-hybridized carbons (Fsp3) is 0.579. The molecule has 0 spiro atoms. The summed E-state index contributed by atoms with van der Waals surface area (Å²) in [6.07, 6.45) is 2.16. The summed E-state index contributed by atoms with van der Waals surface area (Å²) in [7, 11) is 1.47. The molecule has 7 nitrogen and oxygen atoms in total. The molecule has 0 saturated carbocycles. The fourth-order valence-electron chi connectivity index (χ4n) is 3.07. The molecule has 0 aliphatic carbocycles. The topological polar surface area (TPSA) is 94.1 Å². The second kappa shape index (κ2) is 10.4. The summed E-state index contributed by atoms with van der Waals surface area (Å²) >= 11 is 6.24. The van der Waals surface area contributed by atoms with E-state index >= 15 is 0 Å². The van der Waals surface area contributed by atoms with Crippen molar-refractivity contribution in [2.24, 2.45) is 11.8 Å². The molecule has 1 aliphatic heterocycles. The van der Waals surface area contributed by atoms with Crippen LogP contribution in [0.1, 0.15) is 36.5 Å². The smallest absolute Gasteiger partial charge is 0.308 e. The van der Waals surface area contributed by atoms with E-state index in [-0.39, 0.29) is 23.0 Å². The van der Waals surface area contributed by atoms with E-state index < -0.39 is 17.8 Å². The molecule has 1 fully saturated rings. The molecule has 0 bridgehead atoms. The van der Waals surface area contributed by atoms with Gasteiger partial charge in [0.25, 0.3) is 5.91 Å². The Kier molecular flexibility index (Phi) is 8.19. The van der Waals surface area contributed by atoms with Gasteiger partial charge < -0.3 is 24.6 Å². The molecule has 0 aromatic heterocycles. The van der Waals surface area contributed by atoms with E-state index in [1.54, 1.807) is 0 Å². The third-order valence-corrected chi connectivity index (χ3v) is 4.86. The number of nitrogens with one attached hydrogen (secondary N) is 1. The third kappa shape index (κ3) is 5.74. The molecule has 0 radical (unpaired) electrons. The van der Waals surface area contributed by atoms with Crippen molar-refractivity contribution < 1.29 is 28.9 Å². The van der Waals surface area contributed by atoms with Gasteiger partial charge in [0.1, 0.15) is 0 Å². The summed E-state index contributed by atoms with van der Waals surface area (Å²) in [5.74, 6) is -1.23. The molecule has 150 valence electrons. The Labute approximate surface area is 163 Å². The van der Waals surface area contributed by atoms with Gasteiger partial charge in [-0.15, -0.1) is 0 Å². The number of hydrogen-bond acceptors (Lipinski definition) is 5. The predicted molar refractivity (Wildman–Crippen MR) is 101 cm³/mol. The first kappa shape index (κ1) is 21.3. The van der Waals surface area contributed by atoms with Gasteiger partial charge in [0.2, 0.25) is 0 Å². The lowest BCUT2D eigenvalue weighted by atomic mass is 9.86. The number of benzene rings is 1. The van der Waals surface area contributed by atoms with Gasteiger partial charge in [-0.1, -0.05) is 18.5 Å². The zero-order chi connectivity index (χ0) is 19.8. The first-order chi connectivity index (χ1) is 13.0. The lowest BCUT2D eigenvalue weighted by Crippen LogP contribution is -2.39. The number of ether oxygens (including phenoxy) is 3. The van der Waals surface area contributed by atoms with Crippen molar-refractivity contribution in [3.8, 4) is 11.5 Å². The minimum Gasteiger partial charge on any atom is -0.493 e. The zero-order valence-electron chi connectivity index (χ0n) is 15.6. The van der Waals surface area contributed by atoms with Gasteiger partial charge in [-0.25, -0.2) is 0 Å². The average Bonchev–Trinajstić information content (AvgIpc) is 2.67. The first-order valence-corrected chi connectivity index (χ1v) is 9.44. The van der Waals surface area contributed by atoms with Crippen LogP contribution in [0.3, 0.4) is 0 Å². The number of hydrogen-bond donors (Lipinski definition) is 2. The highest BCUT2D eigenvalue weighted by Gasteiger charge is 2.30. The van der Waals surface area contributed by atoms with Gasteiger partial charge in [0.05, 0.1) is 24.7 Å². The van der Waals surface area contributed by atoms with Crippen LogP contribution in [-0.4, -0.2) is 50.5 Å². The van der Waals surface area contributed by atoms with Crippen LogP contribution in [0.2, 0.25) is 5.02 Å². The van der Waals surface area contributed by atoms with Gasteiger partial charge >= 0.3 is 5.97 Å². The molecular weight excluding hydrogens is 374 g/mol. The van der Waals surface area contributed by atoms with Crippen LogP contribution >= 0.6 is 11.6 Å². The maximum atomic E-state index is 12.5.